The molecule has 0 atom stereocenters. The summed E-state index contributed by atoms with van der Waals surface area (Å²) in [6, 6.07) is 9.37. The van der Waals surface area contributed by atoms with E-state index in [1.54, 1.807) is 19.1 Å². The highest BCUT2D eigenvalue weighted by atomic mass is 32.2. The van der Waals surface area contributed by atoms with Crippen LogP contribution in [0, 0.1) is 11.6 Å². The van der Waals surface area contributed by atoms with Crippen LogP contribution in [0.2, 0.25) is 0 Å². The van der Waals surface area contributed by atoms with Crippen molar-refractivity contribution in [2.24, 2.45) is 0 Å². The van der Waals surface area contributed by atoms with E-state index in [1.807, 2.05) is 0 Å². The molecule has 0 aromatic heterocycles. The Hall–Kier alpha value is -2.65. The van der Waals surface area contributed by atoms with Gasteiger partial charge in [-0.25, -0.2) is 27.0 Å². The Labute approximate surface area is 146 Å². The number of hydroxylamine groups is 2. The SMILES string of the molecule is CCON1C(=O)N(c2ccccc2F)SN(c2ccccc2F)C1=O. The molecule has 130 valence electrons. The molecule has 0 aliphatic carbocycles. The van der Waals surface area contributed by atoms with Gasteiger partial charge in [0.2, 0.25) is 0 Å². The summed E-state index contributed by atoms with van der Waals surface area (Å²) in [5.74, 6) is -1.33. The number of amides is 4. The minimum absolute atomic E-state index is 0.0262. The summed E-state index contributed by atoms with van der Waals surface area (Å²) in [5.41, 5.74) is -0.146. The highest BCUT2D eigenvalue weighted by Crippen LogP contribution is 2.37. The molecule has 0 spiro atoms. The number of hydrogen-bond donors (Lipinski definition) is 0. The van der Waals surface area contributed by atoms with Crippen molar-refractivity contribution in [1.29, 1.82) is 0 Å². The second kappa shape index (κ2) is 7.08. The molecular weight excluding hydrogens is 352 g/mol. The van der Waals surface area contributed by atoms with Crippen LogP contribution in [0.5, 0.6) is 0 Å². The van der Waals surface area contributed by atoms with Crippen molar-refractivity contribution in [1.82, 2.24) is 5.06 Å². The van der Waals surface area contributed by atoms with Gasteiger partial charge in [0, 0.05) is 0 Å². The second-order valence-corrected chi connectivity index (χ2v) is 5.74. The molecule has 1 saturated heterocycles. The van der Waals surface area contributed by atoms with Crippen LogP contribution < -0.4 is 8.61 Å². The van der Waals surface area contributed by atoms with Gasteiger partial charge in [-0.15, -0.1) is 5.06 Å². The molecule has 1 heterocycles. The maximum atomic E-state index is 14.1. The molecule has 0 saturated carbocycles. The highest BCUT2D eigenvalue weighted by molar-refractivity contribution is 8.03. The summed E-state index contributed by atoms with van der Waals surface area (Å²) in [6.45, 7) is 1.61. The number of urea groups is 2. The number of hydrogen-bond acceptors (Lipinski definition) is 4. The summed E-state index contributed by atoms with van der Waals surface area (Å²) >= 11 is 0.578. The van der Waals surface area contributed by atoms with Crippen LogP contribution in [0.3, 0.4) is 0 Å². The van der Waals surface area contributed by atoms with Crippen molar-refractivity contribution in [2.75, 3.05) is 15.2 Å². The third-order valence-electron chi connectivity index (χ3n) is 3.26. The Kier molecular flexibility index (Phi) is 4.86. The number of anilines is 2. The van der Waals surface area contributed by atoms with Crippen molar-refractivity contribution in [3.05, 3.63) is 60.2 Å². The molecule has 6 nitrogen and oxygen atoms in total. The lowest BCUT2D eigenvalue weighted by Gasteiger charge is -2.37. The fourth-order valence-electron chi connectivity index (χ4n) is 2.16. The predicted octanol–water partition coefficient (Wildman–Crippen LogP) is 4.35. The second-order valence-electron chi connectivity index (χ2n) is 4.85. The van der Waals surface area contributed by atoms with Crippen molar-refractivity contribution >= 4 is 35.6 Å². The lowest BCUT2D eigenvalue weighted by atomic mass is 10.3. The molecule has 0 bridgehead atoms. The van der Waals surface area contributed by atoms with Gasteiger partial charge in [0.15, 0.2) is 0 Å². The van der Waals surface area contributed by atoms with E-state index in [1.165, 1.54) is 36.4 Å². The zero-order chi connectivity index (χ0) is 18.0. The number of para-hydroxylation sites is 2. The summed E-state index contributed by atoms with van der Waals surface area (Å²) < 4.78 is 30.1. The number of nitrogens with zero attached hydrogens (tertiary/aromatic N) is 3. The van der Waals surface area contributed by atoms with E-state index in [-0.39, 0.29) is 18.0 Å². The van der Waals surface area contributed by atoms with E-state index < -0.39 is 23.7 Å². The molecular formula is C16H13F2N3O3S. The van der Waals surface area contributed by atoms with Crippen molar-refractivity contribution in [2.45, 2.75) is 6.92 Å². The number of rotatable bonds is 4. The lowest BCUT2D eigenvalue weighted by Crippen LogP contribution is -2.55. The number of imide groups is 1. The van der Waals surface area contributed by atoms with E-state index in [0.717, 1.165) is 8.61 Å². The molecule has 25 heavy (non-hydrogen) atoms. The number of halogens is 2. The first-order valence-electron chi connectivity index (χ1n) is 7.33. The van der Waals surface area contributed by atoms with E-state index >= 15 is 0 Å². The van der Waals surface area contributed by atoms with Crippen LogP contribution >= 0.6 is 12.1 Å². The zero-order valence-corrected chi connectivity index (χ0v) is 13.9. The Morgan fingerprint density at radius 3 is 1.72 bits per heavy atom. The quantitative estimate of drug-likeness (QED) is 0.756. The molecule has 3 rings (SSSR count). The van der Waals surface area contributed by atoms with Crippen LogP contribution in [0.15, 0.2) is 48.5 Å². The molecule has 2 aromatic rings. The zero-order valence-electron chi connectivity index (χ0n) is 13.1. The average molecular weight is 365 g/mol. The Morgan fingerprint density at radius 1 is 0.880 bits per heavy atom. The van der Waals surface area contributed by atoms with E-state index in [2.05, 4.69) is 0 Å². The van der Waals surface area contributed by atoms with E-state index in [0.29, 0.717) is 17.2 Å². The molecule has 4 amide bonds. The van der Waals surface area contributed by atoms with Crippen LogP contribution in [0.1, 0.15) is 6.92 Å². The molecule has 0 radical (unpaired) electrons. The highest BCUT2D eigenvalue weighted by Gasteiger charge is 2.43. The van der Waals surface area contributed by atoms with E-state index in [9.17, 15) is 18.4 Å². The fraction of sp³-hybridized carbons (Fsp3) is 0.125. The first kappa shape index (κ1) is 17.2. The molecule has 1 fully saturated rings. The minimum Gasteiger partial charge on any atom is -0.261 e. The minimum atomic E-state index is -0.880. The standard InChI is InChI=1S/C16H13F2N3O3S/c1-2-24-19-15(22)20(13-9-5-3-7-11(13)17)25-21(16(19)23)14-10-6-4-8-12(14)18/h3-10H,2H2,1H3. The van der Waals surface area contributed by atoms with Gasteiger partial charge in [-0.05, 0) is 31.2 Å². The van der Waals surface area contributed by atoms with Crippen LogP contribution in [-0.4, -0.2) is 23.7 Å². The maximum Gasteiger partial charge on any atom is 0.369 e. The van der Waals surface area contributed by atoms with Crippen LogP contribution in [-0.2, 0) is 4.84 Å². The lowest BCUT2D eigenvalue weighted by molar-refractivity contribution is -0.0682. The Balaban J connectivity index is 2.05. The fourth-order valence-corrected chi connectivity index (χ4v) is 3.09. The van der Waals surface area contributed by atoms with Crippen LogP contribution in [0.25, 0.3) is 0 Å². The third-order valence-corrected chi connectivity index (χ3v) is 4.29. The molecule has 0 unspecified atom stereocenters. The largest absolute Gasteiger partial charge is 0.369 e. The summed E-state index contributed by atoms with van der Waals surface area (Å²) in [5, 5.41) is 0.482. The smallest absolute Gasteiger partial charge is 0.261 e. The molecule has 9 heteroatoms. The third kappa shape index (κ3) is 3.15. The predicted molar refractivity (Wildman–Crippen MR) is 89.6 cm³/mol. The molecule has 2 aromatic carbocycles. The molecule has 0 N–H and O–H groups in total. The van der Waals surface area contributed by atoms with Crippen LogP contribution in [0.4, 0.5) is 29.7 Å². The maximum absolute atomic E-state index is 14.1. The van der Waals surface area contributed by atoms with Gasteiger partial charge < -0.3 is 0 Å². The summed E-state index contributed by atoms with van der Waals surface area (Å²) in [4.78, 5) is 30.2. The number of carbonyl (C=O) groups excluding carboxylic acids is 2. The topological polar surface area (TPSA) is 53.1 Å². The molecule has 1 aliphatic heterocycles. The van der Waals surface area contributed by atoms with Gasteiger partial charge in [0.25, 0.3) is 0 Å². The molecule has 1 aliphatic rings. The monoisotopic (exact) mass is 365 g/mol. The number of carbonyl (C=O) groups is 2. The number of benzene rings is 2. The normalized spacial score (nSPS) is 15.1. The van der Waals surface area contributed by atoms with Gasteiger partial charge in [-0.3, -0.25) is 4.84 Å². The average Bonchev–Trinajstić information content (AvgIpc) is 2.61. The van der Waals surface area contributed by atoms with E-state index in [4.69, 9.17) is 4.84 Å². The van der Waals surface area contributed by atoms with Gasteiger partial charge in [-0.2, -0.15) is 0 Å². The summed E-state index contributed by atoms with van der Waals surface area (Å²) in [7, 11) is 0. The summed E-state index contributed by atoms with van der Waals surface area (Å²) in [6.07, 6.45) is 0. The van der Waals surface area contributed by atoms with Gasteiger partial charge in [0.05, 0.1) is 30.1 Å². The first-order chi connectivity index (χ1) is 12.0. The van der Waals surface area contributed by atoms with Gasteiger partial charge in [-0.1, -0.05) is 24.3 Å². The Bertz CT molecular complexity index is 757. The first-order valence-corrected chi connectivity index (χ1v) is 8.06. The van der Waals surface area contributed by atoms with Crippen molar-refractivity contribution in [3.63, 3.8) is 0 Å². The van der Waals surface area contributed by atoms with Gasteiger partial charge >= 0.3 is 12.1 Å². The van der Waals surface area contributed by atoms with Crippen molar-refractivity contribution < 1.29 is 23.2 Å². The van der Waals surface area contributed by atoms with Gasteiger partial charge in [0.1, 0.15) is 11.6 Å². The Morgan fingerprint density at radius 2 is 1.32 bits per heavy atom. The van der Waals surface area contributed by atoms with Crippen molar-refractivity contribution in [3.8, 4) is 0 Å².